The number of sulfonamides is 1. The second-order valence-corrected chi connectivity index (χ2v) is 6.40. The van der Waals surface area contributed by atoms with Crippen LogP contribution < -0.4 is 0 Å². The molecule has 1 aromatic rings. The molecular formula is C12H16FNO4S. The smallest absolute Gasteiger partial charge is 0.307 e. The van der Waals surface area contributed by atoms with Crippen LogP contribution in [0.4, 0.5) is 4.39 Å². The molecule has 0 saturated heterocycles. The van der Waals surface area contributed by atoms with Gasteiger partial charge >= 0.3 is 5.97 Å². The van der Waals surface area contributed by atoms with Crippen molar-refractivity contribution < 1.29 is 22.7 Å². The monoisotopic (exact) mass is 289 g/mol. The molecular weight excluding hydrogens is 273 g/mol. The van der Waals surface area contributed by atoms with Gasteiger partial charge in [-0.25, -0.2) is 12.8 Å². The lowest BCUT2D eigenvalue weighted by Crippen LogP contribution is -2.35. The molecule has 0 radical (unpaired) electrons. The fraction of sp³-hybridized carbons (Fsp3) is 0.417. The summed E-state index contributed by atoms with van der Waals surface area (Å²) in [7, 11) is -3.53. The quantitative estimate of drug-likeness (QED) is 0.856. The average Bonchev–Trinajstić information content (AvgIpc) is 2.29. The van der Waals surface area contributed by atoms with E-state index in [0.29, 0.717) is 5.56 Å². The Balaban J connectivity index is 2.87. The van der Waals surface area contributed by atoms with Crippen molar-refractivity contribution in [3.8, 4) is 0 Å². The van der Waals surface area contributed by atoms with E-state index in [1.807, 2.05) is 0 Å². The summed E-state index contributed by atoms with van der Waals surface area (Å²) >= 11 is 0. The molecule has 1 rings (SSSR count). The average molecular weight is 289 g/mol. The molecule has 1 unspecified atom stereocenters. The number of hydrogen-bond donors (Lipinski definition) is 1. The van der Waals surface area contributed by atoms with E-state index in [0.717, 1.165) is 10.6 Å². The van der Waals surface area contributed by atoms with E-state index in [4.69, 9.17) is 5.11 Å². The molecule has 0 heterocycles. The van der Waals surface area contributed by atoms with Crippen LogP contribution in [0.15, 0.2) is 24.3 Å². The fourth-order valence-electron chi connectivity index (χ4n) is 1.49. The lowest BCUT2D eigenvalue weighted by molar-refractivity contribution is -0.141. The molecule has 0 aliphatic carbocycles. The third-order valence-electron chi connectivity index (χ3n) is 2.64. The first-order chi connectivity index (χ1) is 8.70. The number of aliphatic carboxylic acids is 1. The SMILES string of the molecule is CC(CN(Cc1ccc(F)cc1)S(C)(=O)=O)C(=O)O. The van der Waals surface area contributed by atoms with Crippen LogP contribution in [-0.4, -0.2) is 36.6 Å². The van der Waals surface area contributed by atoms with Crippen molar-refractivity contribution >= 4 is 16.0 Å². The summed E-state index contributed by atoms with van der Waals surface area (Å²) < 4.78 is 37.1. The van der Waals surface area contributed by atoms with E-state index in [2.05, 4.69) is 0 Å². The van der Waals surface area contributed by atoms with Crippen molar-refractivity contribution in [2.45, 2.75) is 13.5 Å². The van der Waals surface area contributed by atoms with Gasteiger partial charge in [-0.05, 0) is 17.7 Å². The molecule has 0 bridgehead atoms. The van der Waals surface area contributed by atoms with Gasteiger partial charge in [-0.2, -0.15) is 4.31 Å². The van der Waals surface area contributed by atoms with Crippen LogP contribution >= 0.6 is 0 Å². The van der Waals surface area contributed by atoms with Crippen LogP contribution in [0.1, 0.15) is 12.5 Å². The molecule has 0 saturated carbocycles. The van der Waals surface area contributed by atoms with Gasteiger partial charge in [0, 0.05) is 13.1 Å². The maximum Gasteiger partial charge on any atom is 0.307 e. The summed E-state index contributed by atoms with van der Waals surface area (Å²) in [6, 6.07) is 5.41. The van der Waals surface area contributed by atoms with Crippen molar-refractivity contribution in [1.29, 1.82) is 0 Å². The third kappa shape index (κ3) is 4.96. The molecule has 0 amide bonds. The molecule has 106 valence electrons. The predicted octanol–water partition coefficient (Wildman–Crippen LogP) is 1.31. The topological polar surface area (TPSA) is 74.7 Å². The van der Waals surface area contributed by atoms with Gasteiger partial charge in [-0.15, -0.1) is 0 Å². The van der Waals surface area contributed by atoms with Gasteiger partial charge in [-0.1, -0.05) is 19.1 Å². The van der Waals surface area contributed by atoms with Gasteiger partial charge < -0.3 is 5.11 Å². The lowest BCUT2D eigenvalue weighted by Gasteiger charge is -2.22. The zero-order valence-corrected chi connectivity index (χ0v) is 11.5. The highest BCUT2D eigenvalue weighted by Crippen LogP contribution is 2.12. The number of rotatable bonds is 6. The molecule has 1 aromatic carbocycles. The Bertz CT molecular complexity index is 541. The third-order valence-corrected chi connectivity index (χ3v) is 3.86. The van der Waals surface area contributed by atoms with Gasteiger partial charge in [0.05, 0.1) is 12.2 Å². The Labute approximate surface area is 111 Å². The van der Waals surface area contributed by atoms with Gasteiger partial charge in [0.25, 0.3) is 0 Å². The summed E-state index contributed by atoms with van der Waals surface area (Å²) in [5, 5.41) is 8.83. The standard InChI is InChI=1S/C12H16FNO4S/c1-9(12(15)16)7-14(19(2,17)18)8-10-3-5-11(13)6-4-10/h3-6,9H,7-8H2,1-2H3,(H,15,16). The normalized spacial score (nSPS) is 13.5. The molecule has 0 aromatic heterocycles. The molecule has 0 fully saturated rings. The van der Waals surface area contributed by atoms with Crippen LogP contribution in [0.5, 0.6) is 0 Å². The Hall–Kier alpha value is -1.47. The molecule has 0 aliphatic heterocycles. The first-order valence-corrected chi connectivity index (χ1v) is 7.47. The highest BCUT2D eigenvalue weighted by atomic mass is 32.2. The zero-order chi connectivity index (χ0) is 14.6. The van der Waals surface area contributed by atoms with Gasteiger partial charge in [0.15, 0.2) is 0 Å². The highest BCUT2D eigenvalue weighted by molar-refractivity contribution is 7.88. The molecule has 5 nitrogen and oxygen atoms in total. The van der Waals surface area contributed by atoms with E-state index in [1.54, 1.807) is 0 Å². The number of benzene rings is 1. The van der Waals surface area contributed by atoms with Crippen molar-refractivity contribution in [3.63, 3.8) is 0 Å². The zero-order valence-electron chi connectivity index (χ0n) is 10.7. The Kier molecular flexibility index (Phi) is 5.02. The maximum atomic E-state index is 12.8. The first kappa shape index (κ1) is 15.6. The van der Waals surface area contributed by atoms with Gasteiger partial charge in [0.2, 0.25) is 10.0 Å². The predicted molar refractivity (Wildman–Crippen MR) is 68.5 cm³/mol. The number of carboxylic acids is 1. The second kappa shape index (κ2) is 6.12. The Morgan fingerprint density at radius 1 is 1.37 bits per heavy atom. The first-order valence-electron chi connectivity index (χ1n) is 5.62. The molecule has 19 heavy (non-hydrogen) atoms. The Morgan fingerprint density at radius 2 is 1.89 bits per heavy atom. The van der Waals surface area contributed by atoms with Gasteiger partial charge in [-0.3, -0.25) is 4.79 Å². The summed E-state index contributed by atoms with van der Waals surface area (Å²) in [6.45, 7) is 1.34. The van der Waals surface area contributed by atoms with Crippen molar-refractivity contribution in [2.24, 2.45) is 5.92 Å². The van der Waals surface area contributed by atoms with Gasteiger partial charge in [0.1, 0.15) is 5.82 Å². The summed E-state index contributed by atoms with van der Waals surface area (Å²) in [4.78, 5) is 10.8. The summed E-state index contributed by atoms with van der Waals surface area (Å²) in [6.07, 6.45) is 1.02. The van der Waals surface area contributed by atoms with Crippen LogP contribution in [0.3, 0.4) is 0 Å². The van der Waals surface area contributed by atoms with E-state index in [1.165, 1.54) is 31.2 Å². The van der Waals surface area contributed by atoms with E-state index < -0.39 is 27.7 Å². The summed E-state index contributed by atoms with van der Waals surface area (Å²) in [5.74, 6) is -2.28. The minimum atomic E-state index is -3.53. The molecule has 1 atom stereocenters. The highest BCUT2D eigenvalue weighted by Gasteiger charge is 2.23. The van der Waals surface area contributed by atoms with Crippen LogP contribution in [-0.2, 0) is 21.4 Å². The molecule has 1 N–H and O–H groups in total. The summed E-state index contributed by atoms with van der Waals surface area (Å²) in [5.41, 5.74) is 0.601. The van der Waals surface area contributed by atoms with Crippen LogP contribution in [0, 0.1) is 11.7 Å². The van der Waals surface area contributed by atoms with Crippen molar-refractivity contribution in [1.82, 2.24) is 4.31 Å². The van der Waals surface area contributed by atoms with E-state index in [-0.39, 0.29) is 13.1 Å². The second-order valence-electron chi connectivity index (χ2n) is 4.42. The largest absolute Gasteiger partial charge is 0.481 e. The maximum absolute atomic E-state index is 12.8. The number of carboxylic acid groups (broad SMARTS) is 1. The fourth-order valence-corrected chi connectivity index (χ4v) is 2.37. The lowest BCUT2D eigenvalue weighted by atomic mass is 10.1. The van der Waals surface area contributed by atoms with E-state index >= 15 is 0 Å². The number of halogens is 1. The molecule has 0 spiro atoms. The number of nitrogens with zero attached hydrogens (tertiary/aromatic N) is 1. The minimum absolute atomic E-state index is 0.0245. The molecule has 7 heteroatoms. The van der Waals surface area contributed by atoms with Crippen LogP contribution in [0.2, 0.25) is 0 Å². The van der Waals surface area contributed by atoms with Crippen molar-refractivity contribution in [2.75, 3.05) is 12.8 Å². The van der Waals surface area contributed by atoms with E-state index in [9.17, 15) is 17.6 Å². The van der Waals surface area contributed by atoms with Crippen LogP contribution in [0.25, 0.3) is 0 Å². The van der Waals surface area contributed by atoms with Crippen molar-refractivity contribution in [3.05, 3.63) is 35.6 Å². The number of hydrogen-bond acceptors (Lipinski definition) is 3. The Morgan fingerprint density at radius 3 is 2.32 bits per heavy atom. The minimum Gasteiger partial charge on any atom is -0.481 e. The molecule has 0 aliphatic rings. The number of carbonyl (C=O) groups is 1.